The molecule has 98 valence electrons. The summed E-state index contributed by atoms with van der Waals surface area (Å²) in [6.45, 7) is 4.45. The normalized spacial score (nSPS) is 17.0. The van der Waals surface area contributed by atoms with Crippen molar-refractivity contribution >= 4 is 5.82 Å². The molecule has 0 aromatic carbocycles. The first-order valence-corrected chi connectivity index (χ1v) is 6.78. The number of aromatic nitrogens is 2. The fourth-order valence-corrected chi connectivity index (χ4v) is 2.22. The van der Waals surface area contributed by atoms with Crippen molar-refractivity contribution in [3.8, 4) is 0 Å². The van der Waals surface area contributed by atoms with Gasteiger partial charge in [-0.15, -0.1) is 0 Å². The molecule has 4 nitrogen and oxygen atoms in total. The smallest absolute Gasteiger partial charge is 0.230 e. The van der Waals surface area contributed by atoms with Crippen LogP contribution in [-0.2, 0) is 7.05 Å². The number of hydrogen-bond donors (Lipinski definition) is 0. The molecule has 0 N–H and O–H groups in total. The van der Waals surface area contributed by atoms with Crippen LogP contribution in [0.5, 0.6) is 0 Å². The Morgan fingerprint density at radius 3 is 2.89 bits per heavy atom. The quantitative estimate of drug-likeness (QED) is 0.816. The van der Waals surface area contributed by atoms with Gasteiger partial charge in [-0.25, -0.2) is 9.98 Å². The SMILES string of the molecule is CCC/C=C/N=c1nccc(N2CCCC2)n1C. The van der Waals surface area contributed by atoms with Crippen LogP contribution in [0.25, 0.3) is 0 Å². The van der Waals surface area contributed by atoms with Gasteiger partial charge in [0.15, 0.2) is 0 Å². The zero-order chi connectivity index (χ0) is 12.8. The number of hydrogen-bond acceptors (Lipinski definition) is 3. The largest absolute Gasteiger partial charge is 0.358 e. The molecule has 0 saturated carbocycles. The first kappa shape index (κ1) is 12.9. The van der Waals surface area contributed by atoms with Crippen LogP contribution >= 0.6 is 0 Å². The van der Waals surface area contributed by atoms with Crippen molar-refractivity contribution in [1.82, 2.24) is 9.55 Å². The van der Waals surface area contributed by atoms with E-state index in [4.69, 9.17) is 0 Å². The zero-order valence-corrected chi connectivity index (χ0v) is 11.3. The van der Waals surface area contributed by atoms with Gasteiger partial charge in [0.2, 0.25) is 5.62 Å². The third-order valence-electron chi connectivity index (χ3n) is 3.24. The van der Waals surface area contributed by atoms with E-state index in [0.29, 0.717) is 0 Å². The lowest BCUT2D eigenvalue weighted by molar-refractivity contribution is 0.747. The number of rotatable bonds is 4. The van der Waals surface area contributed by atoms with Crippen molar-refractivity contribution in [3.63, 3.8) is 0 Å². The highest BCUT2D eigenvalue weighted by Crippen LogP contribution is 2.16. The molecule has 0 aliphatic carbocycles. The van der Waals surface area contributed by atoms with Crippen LogP contribution < -0.4 is 10.5 Å². The van der Waals surface area contributed by atoms with Gasteiger partial charge in [0, 0.05) is 32.5 Å². The van der Waals surface area contributed by atoms with Crippen LogP contribution in [0.3, 0.4) is 0 Å². The Labute approximate surface area is 109 Å². The Balaban J connectivity index is 2.23. The summed E-state index contributed by atoms with van der Waals surface area (Å²) in [6.07, 6.45) is 10.6. The number of unbranched alkanes of at least 4 members (excludes halogenated alkanes) is 1. The van der Waals surface area contributed by atoms with E-state index in [-0.39, 0.29) is 0 Å². The zero-order valence-electron chi connectivity index (χ0n) is 11.3. The molecule has 2 rings (SSSR count). The summed E-state index contributed by atoms with van der Waals surface area (Å²) in [7, 11) is 2.03. The van der Waals surface area contributed by atoms with Crippen LogP contribution in [0.2, 0.25) is 0 Å². The molecule has 0 atom stereocenters. The molecule has 1 aliphatic rings. The third kappa shape index (κ3) is 3.00. The summed E-state index contributed by atoms with van der Waals surface area (Å²) >= 11 is 0. The van der Waals surface area contributed by atoms with Crippen LogP contribution in [0.1, 0.15) is 32.6 Å². The lowest BCUT2D eigenvalue weighted by Gasteiger charge is -2.20. The summed E-state index contributed by atoms with van der Waals surface area (Å²) < 4.78 is 2.07. The van der Waals surface area contributed by atoms with Crippen LogP contribution in [0.15, 0.2) is 29.5 Å². The lowest BCUT2D eigenvalue weighted by atomic mass is 10.3. The molecule has 1 aliphatic heterocycles. The second kappa shape index (κ2) is 6.38. The van der Waals surface area contributed by atoms with Gasteiger partial charge in [-0.1, -0.05) is 19.4 Å². The predicted octanol–water partition coefficient (Wildman–Crippen LogP) is 2.23. The monoisotopic (exact) mass is 246 g/mol. The summed E-state index contributed by atoms with van der Waals surface area (Å²) in [5, 5.41) is 0. The molecule has 1 aromatic heterocycles. The van der Waals surface area contributed by atoms with E-state index in [0.717, 1.165) is 31.5 Å². The van der Waals surface area contributed by atoms with Crippen LogP contribution in [0.4, 0.5) is 5.82 Å². The van der Waals surface area contributed by atoms with Gasteiger partial charge in [-0.2, -0.15) is 0 Å². The predicted molar refractivity (Wildman–Crippen MR) is 74.3 cm³/mol. The highest BCUT2D eigenvalue weighted by molar-refractivity contribution is 5.38. The fraction of sp³-hybridized carbons (Fsp3) is 0.571. The molecular weight excluding hydrogens is 224 g/mol. The van der Waals surface area contributed by atoms with E-state index in [2.05, 4.69) is 38.5 Å². The molecule has 0 amide bonds. The Bertz CT molecular complexity index is 467. The van der Waals surface area contributed by atoms with Crippen molar-refractivity contribution in [3.05, 3.63) is 30.2 Å². The molecule has 0 spiro atoms. The van der Waals surface area contributed by atoms with Crippen molar-refractivity contribution < 1.29 is 0 Å². The second-order valence-electron chi connectivity index (χ2n) is 4.66. The molecular formula is C14H22N4. The third-order valence-corrected chi connectivity index (χ3v) is 3.24. The molecule has 0 unspecified atom stereocenters. The Morgan fingerprint density at radius 2 is 2.17 bits per heavy atom. The minimum absolute atomic E-state index is 0.770. The van der Waals surface area contributed by atoms with Gasteiger partial charge in [0.05, 0.1) is 0 Å². The number of nitrogens with zero attached hydrogens (tertiary/aromatic N) is 4. The molecule has 1 aromatic rings. The van der Waals surface area contributed by atoms with Gasteiger partial charge in [-0.05, 0) is 25.3 Å². The molecule has 2 heterocycles. The summed E-state index contributed by atoms with van der Waals surface area (Å²) in [5.41, 5.74) is 0.770. The van der Waals surface area contributed by atoms with Crippen molar-refractivity contribution in [2.24, 2.45) is 12.0 Å². The maximum absolute atomic E-state index is 4.42. The molecule has 1 fully saturated rings. The minimum atomic E-state index is 0.770. The number of allylic oxidation sites excluding steroid dienone is 1. The van der Waals surface area contributed by atoms with Crippen LogP contribution in [0, 0.1) is 0 Å². The summed E-state index contributed by atoms with van der Waals surface area (Å²) in [6, 6.07) is 2.07. The van der Waals surface area contributed by atoms with Crippen molar-refractivity contribution in [2.75, 3.05) is 18.0 Å². The lowest BCUT2D eigenvalue weighted by Crippen LogP contribution is -2.29. The van der Waals surface area contributed by atoms with E-state index >= 15 is 0 Å². The first-order chi connectivity index (χ1) is 8.83. The summed E-state index contributed by atoms with van der Waals surface area (Å²) in [4.78, 5) is 11.1. The Morgan fingerprint density at radius 1 is 1.39 bits per heavy atom. The minimum Gasteiger partial charge on any atom is -0.358 e. The maximum atomic E-state index is 4.42. The standard InChI is InChI=1S/C14H22N4/c1-3-4-5-9-15-14-16-10-8-13(17(14)2)18-11-6-7-12-18/h5,8-10H,3-4,6-7,11-12H2,1-2H3/b9-5+,15-14?. The molecule has 1 saturated heterocycles. The number of anilines is 1. The van der Waals surface area contributed by atoms with Gasteiger partial charge >= 0.3 is 0 Å². The topological polar surface area (TPSA) is 33.4 Å². The van der Waals surface area contributed by atoms with Crippen molar-refractivity contribution in [2.45, 2.75) is 32.6 Å². The summed E-state index contributed by atoms with van der Waals surface area (Å²) in [5.74, 6) is 1.21. The average molecular weight is 246 g/mol. The van der Waals surface area contributed by atoms with E-state index in [1.165, 1.54) is 18.7 Å². The van der Waals surface area contributed by atoms with E-state index in [1.54, 1.807) is 0 Å². The van der Waals surface area contributed by atoms with Crippen molar-refractivity contribution in [1.29, 1.82) is 0 Å². The van der Waals surface area contributed by atoms with Gasteiger partial charge < -0.3 is 4.90 Å². The highest BCUT2D eigenvalue weighted by atomic mass is 15.3. The van der Waals surface area contributed by atoms with Gasteiger partial charge in [-0.3, -0.25) is 4.57 Å². The average Bonchev–Trinajstić information content (AvgIpc) is 2.90. The molecule has 0 bridgehead atoms. The Kier molecular flexibility index (Phi) is 4.56. The second-order valence-corrected chi connectivity index (χ2v) is 4.66. The van der Waals surface area contributed by atoms with E-state index < -0.39 is 0 Å². The van der Waals surface area contributed by atoms with Gasteiger partial charge in [0.25, 0.3) is 0 Å². The Hall–Kier alpha value is -1.58. The maximum Gasteiger partial charge on any atom is 0.230 e. The first-order valence-electron chi connectivity index (χ1n) is 6.78. The molecule has 18 heavy (non-hydrogen) atoms. The highest BCUT2D eigenvalue weighted by Gasteiger charge is 2.14. The van der Waals surface area contributed by atoms with E-state index in [1.807, 2.05) is 19.4 Å². The molecule has 4 heteroatoms. The van der Waals surface area contributed by atoms with Crippen LogP contribution in [-0.4, -0.2) is 22.6 Å². The van der Waals surface area contributed by atoms with E-state index in [9.17, 15) is 0 Å². The van der Waals surface area contributed by atoms with Gasteiger partial charge in [0.1, 0.15) is 5.82 Å². The molecule has 0 radical (unpaired) electrons. The fourth-order valence-electron chi connectivity index (χ4n) is 2.22.